The van der Waals surface area contributed by atoms with Crippen molar-refractivity contribution in [3.63, 3.8) is 0 Å². The van der Waals surface area contributed by atoms with Crippen LogP contribution in [0.5, 0.6) is 0 Å². The minimum atomic E-state index is 1.10. The largest absolute Gasteiger partial charge is 0.330 e. The van der Waals surface area contributed by atoms with Crippen molar-refractivity contribution in [3.05, 3.63) is 101 Å². The van der Waals surface area contributed by atoms with Gasteiger partial charge < -0.3 is 4.72 Å². The molecule has 0 spiro atoms. The molecule has 1 nitrogen and oxygen atoms in total. The van der Waals surface area contributed by atoms with E-state index in [0.717, 1.165) is 18.5 Å². The number of aryl methyl sites for hydroxylation is 2. The molecule has 0 saturated heterocycles. The molecule has 25 heavy (non-hydrogen) atoms. The fourth-order valence-electron chi connectivity index (χ4n) is 3.55. The molecule has 0 aliphatic heterocycles. The lowest BCUT2D eigenvalue weighted by Crippen LogP contribution is -1.92. The fraction of sp³-hybridized carbons (Fsp3) is 0.130. The molecule has 0 amide bonds. The van der Waals surface area contributed by atoms with E-state index in [1.807, 2.05) is 6.26 Å². The van der Waals surface area contributed by atoms with E-state index in [1.54, 1.807) is 11.9 Å². The van der Waals surface area contributed by atoms with Gasteiger partial charge in [-0.25, -0.2) is 0 Å². The van der Waals surface area contributed by atoms with Crippen LogP contribution in [0.3, 0.4) is 0 Å². The van der Waals surface area contributed by atoms with Crippen LogP contribution >= 0.6 is 11.9 Å². The molecule has 124 valence electrons. The topological polar surface area (TPSA) is 12.0 Å². The number of fused-ring (bicyclic) bond motifs is 2. The minimum Gasteiger partial charge on any atom is -0.330 e. The predicted molar refractivity (Wildman–Crippen MR) is 111 cm³/mol. The summed E-state index contributed by atoms with van der Waals surface area (Å²) in [6, 6.07) is 26.2. The molecule has 3 aromatic carbocycles. The van der Waals surface area contributed by atoms with Crippen molar-refractivity contribution in [3.8, 4) is 0 Å². The van der Waals surface area contributed by atoms with E-state index >= 15 is 0 Å². The predicted octanol–water partition coefficient (Wildman–Crippen LogP) is 6.06. The zero-order chi connectivity index (χ0) is 17.1. The summed E-state index contributed by atoms with van der Waals surface area (Å²) in [7, 11) is 0. The third-order valence-electron chi connectivity index (χ3n) is 4.70. The molecule has 0 atom stereocenters. The van der Waals surface area contributed by atoms with Crippen LogP contribution in [0.4, 0.5) is 5.69 Å². The van der Waals surface area contributed by atoms with Crippen molar-refractivity contribution in [2.75, 3.05) is 11.0 Å². The Balaban J connectivity index is 1.89. The van der Waals surface area contributed by atoms with Crippen molar-refractivity contribution in [2.45, 2.75) is 12.8 Å². The Morgan fingerprint density at radius 2 is 1.44 bits per heavy atom. The van der Waals surface area contributed by atoms with Gasteiger partial charge in [0.25, 0.3) is 0 Å². The van der Waals surface area contributed by atoms with Gasteiger partial charge in [0.05, 0.1) is 0 Å². The molecule has 0 aromatic heterocycles. The second-order valence-corrected chi connectivity index (χ2v) is 6.92. The summed E-state index contributed by atoms with van der Waals surface area (Å²) in [6.07, 6.45) is 6.56. The molecule has 0 radical (unpaired) electrons. The summed E-state index contributed by atoms with van der Waals surface area (Å²) in [6.45, 7) is 0. The lowest BCUT2D eigenvalue weighted by molar-refractivity contribution is 0.965. The third-order valence-corrected chi connectivity index (χ3v) is 5.14. The first-order chi connectivity index (χ1) is 12.3. The summed E-state index contributed by atoms with van der Waals surface area (Å²) in [5.41, 5.74) is 9.26. The SMILES string of the molecule is CSNc1cccc(C=C2c3ccccc3CCc3ccccc32)c1. The lowest BCUT2D eigenvalue weighted by Gasteiger charge is -2.12. The van der Waals surface area contributed by atoms with Gasteiger partial charge in [0.2, 0.25) is 0 Å². The van der Waals surface area contributed by atoms with E-state index in [-0.39, 0.29) is 0 Å². The normalized spacial score (nSPS) is 12.8. The minimum absolute atomic E-state index is 1.10. The molecular formula is C23H21NS. The summed E-state index contributed by atoms with van der Waals surface area (Å²) < 4.78 is 3.32. The Kier molecular flexibility index (Phi) is 4.62. The van der Waals surface area contributed by atoms with Crippen molar-refractivity contribution in [2.24, 2.45) is 0 Å². The zero-order valence-corrected chi connectivity index (χ0v) is 15.1. The smallest absolute Gasteiger partial charge is 0.0445 e. The van der Waals surface area contributed by atoms with Crippen LogP contribution in [-0.4, -0.2) is 6.26 Å². The second kappa shape index (κ2) is 7.20. The maximum absolute atomic E-state index is 3.32. The van der Waals surface area contributed by atoms with E-state index in [0.29, 0.717) is 0 Å². The number of nitrogens with one attached hydrogen (secondary N) is 1. The van der Waals surface area contributed by atoms with Gasteiger partial charge in [-0.15, -0.1) is 0 Å². The van der Waals surface area contributed by atoms with Crippen molar-refractivity contribution >= 4 is 29.3 Å². The molecule has 1 N–H and O–H groups in total. The van der Waals surface area contributed by atoms with Gasteiger partial charge in [-0.3, -0.25) is 0 Å². The van der Waals surface area contributed by atoms with Crippen molar-refractivity contribution in [1.29, 1.82) is 0 Å². The lowest BCUT2D eigenvalue weighted by atomic mass is 9.92. The summed E-state index contributed by atoms with van der Waals surface area (Å²) in [5, 5.41) is 0. The molecule has 0 fully saturated rings. The maximum Gasteiger partial charge on any atom is 0.0445 e. The average molecular weight is 343 g/mol. The van der Waals surface area contributed by atoms with E-state index in [1.165, 1.54) is 33.4 Å². The Labute approximate surface area is 153 Å². The molecule has 1 aliphatic rings. The van der Waals surface area contributed by atoms with Gasteiger partial charge in [-0.1, -0.05) is 72.6 Å². The van der Waals surface area contributed by atoms with Crippen LogP contribution in [0.15, 0.2) is 72.8 Å². The standard InChI is InChI=1S/C23H21NS/c1-25-24-20-10-6-7-17(15-20)16-23-21-11-4-2-8-18(21)13-14-19-9-3-5-12-22(19)23/h2-12,15-16,24H,13-14H2,1H3. The highest BCUT2D eigenvalue weighted by atomic mass is 32.2. The van der Waals surface area contributed by atoms with Gasteiger partial charge in [0, 0.05) is 11.9 Å². The van der Waals surface area contributed by atoms with Crippen LogP contribution in [0.2, 0.25) is 0 Å². The van der Waals surface area contributed by atoms with Crippen LogP contribution in [0, 0.1) is 0 Å². The van der Waals surface area contributed by atoms with Gasteiger partial charge >= 0.3 is 0 Å². The first-order valence-corrected chi connectivity index (χ1v) is 9.85. The van der Waals surface area contributed by atoms with Crippen LogP contribution in [-0.2, 0) is 12.8 Å². The van der Waals surface area contributed by atoms with Gasteiger partial charge in [0.15, 0.2) is 0 Å². The molecule has 0 bridgehead atoms. The van der Waals surface area contributed by atoms with Crippen LogP contribution < -0.4 is 4.72 Å². The Morgan fingerprint density at radius 3 is 2.08 bits per heavy atom. The molecule has 0 unspecified atom stereocenters. The Hall–Kier alpha value is -2.45. The number of hydrogen-bond donors (Lipinski definition) is 1. The first-order valence-electron chi connectivity index (χ1n) is 8.62. The number of benzene rings is 3. The van der Waals surface area contributed by atoms with Crippen LogP contribution in [0.25, 0.3) is 11.6 Å². The Morgan fingerprint density at radius 1 is 0.800 bits per heavy atom. The van der Waals surface area contributed by atoms with Crippen molar-refractivity contribution in [1.82, 2.24) is 0 Å². The highest BCUT2D eigenvalue weighted by Gasteiger charge is 2.17. The zero-order valence-electron chi connectivity index (χ0n) is 14.3. The maximum atomic E-state index is 3.32. The number of hydrogen-bond acceptors (Lipinski definition) is 2. The monoisotopic (exact) mass is 343 g/mol. The van der Waals surface area contributed by atoms with Crippen molar-refractivity contribution < 1.29 is 0 Å². The number of rotatable bonds is 3. The van der Waals surface area contributed by atoms with Gasteiger partial charge in [0.1, 0.15) is 0 Å². The molecule has 1 aliphatic carbocycles. The molecule has 0 saturated carbocycles. The molecular weight excluding hydrogens is 322 g/mol. The van der Waals surface area contributed by atoms with E-state index < -0.39 is 0 Å². The molecule has 4 rings (SSSR count). The van der Waals surface area contributed by atoms with Crippen LogP contribution in [0.1, 0.15) is 27.8 Å². The highest BCUT2D eigenvalue weighted by molar-refractivity contribution is 7.99. The highest BCUT2D eigenvalue weighted by Crippen LogP contribution is 2.35. The van der Waals surface area contributed by atoms with E-state index in [9.17, 15) is 0 Å². The fourth-order valence-corrected chi connectivity index (χ4v) is 3.91. The number of anilines is 1. The Bertz CT molecular complexity index is 877. The van der Waals surface area contributed by atoms with E-state index in [2.05, 4.69) is 83.6 Å². The quantitative estimate of drug-likeness (QED) is 0.580. The summed E-state index contributed by atoms with van der Waals surface area (Å²) in [5.74, 6) is 0. The van der Waals surface area contributed by atoms with Gasteiger partial charge in [-0.05, 0) is 64.4 Å². The third kappa shape index (κ3) is 3.35. The summed E-state index contributed by atoms with van der Waals surface area (Å²) in [4.78, 5) is 0. The van der Waals surface area contributed by atoms with E-state index in [4.69, 9.17) is 0 Å². The second-order valence-electron chi connectivity index (χ2n) is 6.30. The summed E-state index contributed by atoms with van der Waals surface area (Å²) >= 11 is 1.62. The molecule has 2 heteroatoms. The molecule has 0 heterocycles. The molecule has 3 aromatic rings. The average Bonchev–Trinajstić information content (AvgIpc) is 2.80. The first kappa shape index (κ1) is 16.0. The van der Waals surface area contributed by atoms with Gasteiger partial charge in [-0.2, -0.15) is 0 Å².